The first-order chi connectivity index (χ1) is 13.2. The number of ether oxygens (including phenoxy) is 2. The Morgan fingerprint density at radius 1 is 1.19 bits per heavy atom. The Hall–Kier alpha value is -2.60. The van der Waals surface area contributed by atoms with Gasteiger partial charge >= 0.3 is 0 Å². The summed E-state index contributed by atoms with van der Waals surface area (Å²) < 4.78 is 11.4. The summed E-state index contributed by atoms with van der Waals surface area (Å²) in [5, 5.41) is 13.8. The Bertz CT molecular complexity index is 728. The molecule has 1 aromatic heterocycles. The number of aromatic nitrogens is 1. The van der Waals surface area contributed by atoms with Crippen molar-refractivity contribution in [3.8, 4) is 5.75 Å². The number of benzene rings is 1. The maximum absolute atomic E-state index is 10.2. The van der Waals surface area contributed by atoms with Crippen LogP contribution in [0, 0.1) is 0 Å². The molecule has 1 heterocycles. The van der Waals surface area contributed by atoms with Crippen LogP contribution < -0.4 is 4.74 Å². The first kappa shape index (κ1) is 20.7. The molecule has 0 fully saturated rings. The molecule has 144 valence electrons. The van der Waals surface area contributed by atoms with Crippen molar-refractivity contribution in [2.24, 2.45) is 5.11 Å². The molecule has 0 radical (unpaired) electrons. The largest absolute Gasteiger partial charge is 0.490 e. The average Bonchev–Trinajstić information content (AvgIpc) is 2.72. The van der Waals surface area contributed by atoms with Gasteiger partial charge in [-0.25, -0.2) is 0 Å². The smallest absolute Gasteiger partial charge is 0.130 e. The minimum absolute atomic E-state index is 0.124. The monoisotopic (exact) mass is 370 g/mol. The summed E-state index contributed by atoms with van der Waals surface area (Å²) in [7, 11) is 0. The lowest BCUT2D eigenvalue weighted by Gasteiger charge is -2.17. The van der Waals surface area contributed by atoms with Gasteiger partial charge in [-0.3, -0.25) is 4.98 Å². The summed E-state index contributed by atoms with van der Waals surface area (Å²) in [6.45, 7) is 5.08. The van der Waals surface area contributed by atoms with Crippen LogP contribution in [0.2, 0.25) is 0 Å². The zero-order valence-corrected chi connectivity index (χ0v) is 15.8. The molecule has 0 aliphatic rings. The van der Waals surface area contributed by atoms with Gasteiger partial charge in [0.25, 0.3) is 0 Å². The first-order valence-corrected chi connectivity index (χ1v) is 9.16. The molecule has 7 heteroatoms. The third-order valence-electron chi connectivity index (χ3n) is 4.18. The average molecular weight is 370 g/mol. The maximum Gasteiger partial charge on any atom is 0.130 e. The molecule has 0 aliphatic heterocycles. The lowest BCUT2D eigenvalue weighted by molar-refractivity contribution is 0.0579. The number of pyridine rings is 1. The highest BCUT2D eigenvalue weighted by Crippen LogP contribution is 2.24. The molecule has 1 unspecified atom stereocenters. The Labute approximate surface area is 159 Å². The number of aliphatic hydroxyl groups is 1. The Balaban J connectivity index is 1.92. The van der Waals surface area contributed by atoms with Crippen LogP contribution in [0.5, 0.6) is 5.75 Å². The number of azide groups is 1. The van der Waals surface area contributed by atoms with Crippen LogP contribution in [-0.4, -0.2) is 29.8 Å². The van der Waals surface area contributed by atoms with E-state index < -0.39 is 6.10 Å². The van der Waals surface area contributed by atoms with Crippen LogP contribution in [-0.2, 0) is 11.2 Å². The molecule has 2 rings (SSSR count). The standard InChI is InChI=1S/C20H26N4O3/c1-3-15-5-10-18(22-13-15)19(25)14-27-17-8-6-16(7-9-17)20(26-4-2)11-12-23-24-21/h5-10,13,19-20,25H,3-4,11-12,14H2,1-2H3/t19-,20?/m1/s1. The molecule has 2 aromatic rings. The molecular weight excluding hydrogens is 344 g/mol. The van der Waals surface area contributed by atoms with Crippen molar-refractivity contribution in [1.29, 1.82) is 0 Å². The zero-order chi connectivity index (χ0) is 19.5. The number of hydrogen-bond donors (Lipinski definition) is 1. The fraction of sp³-hybridized carbons (Fsp3) is 0.450. The van der Waals surface area contributed by atoms with Gasteiger partial charge < -0.3 is 14.6 Å². The molecule has 0 bridgehead atoms. The summed E-state index contributed by atoms with van der Waals surface area (Å²) in [6.07, 6.45) is 2.41. The summed E-state index contributed by atoms with van der Waals surface area (Å²) in [5.74, 6) is 0.660. The molecule has 27 heavy (non-hydrogen) atoms. The SMILES string of the molecule is CCOC(CCN=[N+]=[N-])c1ccc(OC[C@@H](O)c2ccc(CC)cn2)cc1. The zero-order valence-electron chi connectivity index (χ0n) is 15.8. The van der Waals surface area contributed by atoms with Gasteiger partial charge in [-0.15, -0.1) is 0 Å². The maximum atomic E-state index is 10.2. The Kier molecular flexibility index (Phi) is 8.58. The molecule has 0 saturated heterocycles. The normalized spacial score (nSPS) is 12.9. The molecule has 2 atom stereocenters. The van der Waals surface area contributed by atoms with Gasteiger partial charge in [0, 0.05) is 24.3 Å². The molecule has 1 N–H and O–H groups in total. The second-order valence-electron chi connectivity index (χ2n) is 6.03. The Morgan fingerprint density at radius 2 is 1.96 bits per heavy atom. The lowest BCUT2D eigenvalue weighted by Crippen LogP contribution is -2.11. The van der Waals surface area contributed by atoms with Gasteiger partial charge in [-0.2, -0.15) is 0 Å². The number of aryl methyl sites for hydroxylation is 1. The van der Waals surface area contributed by atoms with Gasteiger partial charge in [0.05, 0.1) is 11.8 Å². The van der Waals surface area contributed by atoms with E-state index in [0.717, 1.165) is 17.5 Å². The van der Waals surface area contributed by atoms with Gasteiger partial charge in [0.1, 0.15) is 18.5 Å². The van der Waals surface area contributed by atoms with E-state index in [2.05, 4.69) is 21.9 Å². The van der Waals surface area contributed by atoms with Crippen molar-refractivity contribution in [3.63, 3.8) is 0 Å². The highest BCUT2D eigenvalue weighted by molar-refractivity contribution is 5.29. The van der Waals surface area contributed by atoms with E-state index in [1.807, 2.05) is 43.3 Å². The van der Waals surface area contributed by atoms with Crippen LogP contribution in [0.25, 0.3) is 10.4 Å². The lowest BCUT2D eigenvalue weighted by atomic mass is 10.1. The van der Waals surface area contributed by atoms with Crippen molar-refractivity contribution in [2.45, 2.75) is 38.9 Å². The summed E-state index contributed by atoms with van der Waals surface area (Å²) >= 11 is 0. The van der Waals surface area contributed by atoms with E-state index in [-0.39, 0.29) is 12.7 Å². The molecule has 0 saturated carbocycles. The number of aliphatic hydroxyl groups excluding tert-OH is 1. The third kappa shape index (κ3) is 6.57. The van der Waals surface area contributed by atoms with Crippen molar-refractivity contribution >= 4 is 0 Å². The first-order valence-electron chi connectivity index (χ1n) is 9.16. The third-order valence-corrected chi connectivity index (χ3v) is 4.18. The van der Waals surface area contributed by atoms with Crippen LogP contribution in [0.1, 0.15) is 49.3 Å². The van der Waals surface area contributed by atoms with Gasteiger partial charge in [-0.1, -0.05) is 30.2 Å². The van der Waals surface area contributed by atoms with E-state index >= 15 is 0 Å². The number of nitrogens with zero attached hydrogens (tertiary/aromatic N) is 4. The van der Waals surface area contributed by atoms with Crippen LogP contribution in [0.15, 0.2) is 47.7 Å². The molecule has 7 nitrogen and oxygen atoms in total. The summed E-state index contributed by atoms with van der Waals surface area (Å²) in [4.78, 5) is 7.05. The second kappa shape index (κ2) is 11.2. The van der Waals surface area contributed by atoms with Gasteiger partial charge in [-0.05, 0) is 54.6 Å². The molecule has 1 aromatic carbocycles. The molecule has 0 aliphatic carbocycles. The van der Waals surface area contributed by atoms with Crippen molar-refractivity contribution in [1.82, 2.24) is 4.98 Å². The van der Waals surface area contributed by atoms with Gasteiger partial charge in [0.15, 0.2) is 0 Å². The van der Waals surface area contributed by atoms with Crippen molar-refractivity contribution in [2.75, 3.05) is 19.8 Å². The molecule has 0 amide bonds. The highest BCUT2D eigenvalue weighted by Gasteiger charge is 2.13. The Morgan fingerprint density at radius 3 is 2.56 bits per heavy atom. The predicted molar refractivity (Wildman–Crippen MR) is 104 cm³/mol. The molecular formula is C20H26N4O3. The highest BCUT2D eigenvalue weighted by atomic mass is 16.5. The van der Waals surface area contributed by atoms with Gasteiger partial charge in [0.2, 0.25) is 0 Å². The minimum Gasteiger partial charge on any atom is -0.490 e. The summed E-state index contributed by atoms with van der Waals surface area (Å²) in [5.41, 5.74) is 11.1. The predicted octanol–water partition coefficient (Wildman–Crippen LogP) is 4.53. The fourth-order valence-electron chi connectivity index (χ4n) is 2.65. The van der Waals surface area contributed by atoms with Crippen LogP contribution in [0.3, 0.4) is 0 Å². The van der Waals surface area contributed by atoms with Crippen LogP contribution >= 0.6 is 0 Å². The number of rotatable bonds is 11. The summed E-state index contributed by atoms with van der Waals surface area (Å²) in [6, 6.07) is 11.3. The molecule has 0 spiro atoms. The van der Waals surface area contributed by atoms with Crippen molar-refractivity contribution in [3.05, 3.63) is 69.9 Å². The van der Waals surface area contributed by atoms with E-state index in [1.54, 1.807) is 6.20 Å². The van der Waals surface area contributed by atoms with E-state index in [9.17, 15) is 5.11 Å². The van der Waals surface area contributed by atoms with E-state index in [1.165, 1.54) is 0 Å². The topological polar surface area (TPSA) is 100 Å². The number of hydrogen-bond acceptors (Lipinski definition) is 5. The van der Waals surface area contributed by atoms with Crippen molar-refractivity contribution < 1.29 is 14.6 Å². The van der Waals surface area contributed by atoms with Crippen LogP contribution in [0.4, 0.5) is 0 Å². The minimum atomic E-state index is -0.782. The fourth-order valence-corrected chi connectivity index (χ4v) is 2.65. The quantitative estimate of drug-likeness (QED) is 0.356. The second-order valence-corrected chi connectivity index (χ2v) is 6.03. The van der Waals surface area contributed by atoms with E-state index in [0.29, 0.717) is 31.0 Å². The van der Waals surface area contributed by atoms with E-state index in [4.69, 9.17) is 15.0 Å².